The maximum atomic E-state index is 12.7. The van der Waals surface area contributed by atoms with Crippen LogP contribution in [0.3, 0.4) is 0 Å². The highest BCUT2D eigenvalue weighted by atomic mass is 16.5. The number of nitrogens with one attached hydrogen (secondary N) is 2. The molecule has 5 aromatic carbocycles. The number of anilines is 1. The first-order valence-electron chi connectivity index (χ1n) is 15.0. The van der Waals surface area contributed by atoms with Crippen molar-refractivity contribution in [2.45, 2.75) is 6.92 Å². The van der Waals surface area contributed by atoms with E-state index in [1.54, 1.807) is 109 Å². The summed E-state index contributed by atoms with van der Waals surface area (Å²) in [5.41, 5.74) is 6.08. The lowest BCUT2D eigenvalue weighted by Gasteiger charge is -2.08. The molecule has 0 aromatic heterocycles. The van der Waals surface area contributed by atoms with Crippen LogP contribution < -0.4 is 25.0 Å². The molecule has 0 unspecified atom stereocenters. The molecule has 2 N–H and O–H groups in total. The highest BCUT2D eigenvalue weighted by Crippen LogP contribution is 2.22. The SMILES string of the molecule is COc1ccc(C(=O)Oc2ccccc2/C=C/C(=O)Oc2ccccc2/C=N/NC(=O)c2ccc(NC(=O)c3cccc(C)c3)cc2)cc1. The number of nitrogens with zero attached hydrogens (tertiary/aromatic N) is 1. The van der Waals surface area contributed by atoms with Crippen molar-refractivity contribution < 1.29 is 33.4 Å². The molecule has 5 aromatic rings. The topological polar surface area (TPSA) is 132 Å². The van der Waals surface area contributed by atoms with Crippen molar-refractivity contribution in [3.8, 4) is 17.2 Å². The predicted molar refractivity (Wildman–Crippen MR) is 186 cm³/mol. The van der Waals surface area contributed by atoms with Gasteiger partial charge in [0.15, 0.2) is 0 Å². The summed E-state index contributed by atoms with van der Waals surface area (Å²) in [6, 6.07) is 33.6. The van der Waals surface area contributed by atoms with Gasteiger partial charge in [0, 0.05) is 34.0 Å². The number of methoxy groups -OCH3 is 1. The molecule has 244 valence electrons. The number of rotatable bonds is 11. The maximum Gasteiger partial charge on any atom is 0.343 e. The first-order chi connectivity index (χ1) is 23.8. The van der Waals surface area contributed by atoms with Crippen LogP contribution in [0.15, 0.2) is 133 Å². The van der Waals surface area contributed by atoms with Gasteiger partial charge in [-0.15, -0.1) is 0 Å². The first kappa shape index (κ1) is 33.6. The Hall–Kier alpha value is -6.81. The van der Waals surface area contributed by atoms with Crippen molar-refractivity contribution in [3.63, 3.8) is 0 Å². The Labute approximate surface area is 282 Å². The fraction of sp³-hybridized carbons (Fsp3) is 0.0513. The van der Waals surface area contributed by atoms with E-state index in [0.717, 1.165) is 5.56 Å². The van der Waals surface area contributed by atoms with Gasteiger partial charge in [0.05, 0.1) is 18.9 Å². The summed E-state index contributed by atoms with van der Waals surface area (Å²) >= 11 is 0. The quantitative estimate of drug-likeness (QED) is 0.0524. The molecule has 5 rings (SSSR count). The third-order valence-electron chi connectivity index (χ3n) is 7.03. The second-order valence-electron chi connectivity index (χ2n) is 10.5. The van der Waals surface area contributed by atoms with E-state index in [1.165, 1.54) is 25.5 Å². The molecule has 0 saturated carbocycles. The summed E-state index contributed by atoms with van der Waals surface area (Å²) < 4.78 is 16.2. The number of carbonyl (C=O) groups is 4. The van der Waals surface area contributed by atoms with Gasteiger partial charge in [0.2, 0.25) is 0 Å². The van der Waals surface area contributed by atoms with E-state index >= 15 is 0 Å². The molecule has 0 radical (unpaired) electrons. The molecule has 0 spiro atoms. The van der Waals surface area contributed by atoms with E-state index in [2.05, 4.69) is 15.8 Å². The minimum Gasteiger partial charge on any atom is -0.497 e. The smallest absolute Gasteiger partial charge is 0.343 e. The summed E-state index contributed by atoms with van der Waals surface area (Å²) in [5.74, 6) is -0.893. The molecule has 0 fully saturated rings. The van der Waals surface area contributed by atoms with E-state index in [0.29, 0.717) is 39.3 Å². The second-order valence-corrected chi connectivity index (χ2v) is 10.5. The number of hydrazone groups is 1. The number of benzene rings is 5. The molecule has 0 bridgehead atoms. The summed E-state index contributed by atoms with van der Waals surface area (Å²) in [7, 11) is 1.54. The lowest BCUT2D eigenvalue weighted by molar-refractivity contribution is -0.128. The van der Waals surface area contributed by atoms with Gasteiger partial charge in [-0.3, -0.25) is 9.59 Å². The Morgan fingerprint density at radius 1 is 0.653 bits per heavy atom. The van der Waals surface area contributed by atoms with Crippen LogP contribution in [-0.4, -0.2) is 37.1 Å². The third kappa shape index (κ3) is 9.36. The van der Waals surface area contributed by atoms with Crippen LogP contribution in [0.4, 0.5) is 5.69 Å². The summed E-state index contributed by atoms with van der Waals surface area (Å²) in [6.45, 7) is 1.91. The fourth-order valence-corrected chi connectivity index (χ4v) is 4.50. The lowest BCUT2D eigenvalue weighted by atomic mass is 10.1. The molecule has 49 heavy (non-hydrogen) atoms. The van der Waals surface area contributed by atoms with E-state index in [1.807, 2.05) is 19.1 Å². The van der Waals surface area contributed by atoms with Gasteiger partial charge >= 0.3 is 11.9 Å². The summed E-state index contributed by atoms with van der Waals surface area (Å²) in [6.07, 6.45) is 4.05. The van der Waals surface area contributed by atoms with Crippen LogP contribution in [0, 0.1) is 6.92 Å². The Bertz CT molecular complexity index is 2040. The number of para-hydroxylation sites is 2. The van der Waals surface area contributed by atoms with Crippen LogP contribution in [0.1, 0.15) is 47.8 Å². The summed E-state index contributed by atoms with van der Waals surface area (Å²) in [5, 5.41) is 6.82. The average molecular weight is 654 g/mol. The average Bonchev–Trinajstić information content (AvgIpc) is 3.12. The molecule has 0 heterocycles. The van der Waals surface area contributed by atoms with Crippen molar-refractivity contribution in [2.75, 3.05) is 12.4 Å². The minimum atomic E-state index is -0.684. The molecular formula is C39H31N3O7. The Balaban J connectivity index is 1.16. The van der Waals surface area contributed by atoms with E-state index in [4.69, 9.17) is 14.2 Å². The predicted octanol–water partition coefficient (Wildman–Crippen LogP) is 6.86. The van der Waals surface area contributed by atoms with E-state index in [9.17, 15) is 19.2 Å². The zero-order chi connectivity index (χ0) is 34.6. The molecular weight excluding hydrogens is 622 g/mol. The number of esters is 2. The zero-order valence-corrected chi connectivity index (χ0v) is 26.6. The van der Waals surface area contributed by atoms with Crippen LogP contribution >= 0.6 is 0 Å². The van der Waals surface area contributed by atoms with Crippen LogP contribution in [0.2, 0.25) is 0 Å². The molecule has 10 heteroatoms. The Kier molecular flexibility index (Phi) is 11.1. The number of carbonyl (C=O) groups excluding carboxylic acids is 4. The standard InChI is InChI=1S/C39H31N3O7/c1-26-8-7-11-30(24-26)37(44)41-32-19-14-28(15-20-32)38(45)42-40-25-31-10-4-6-13-35(31)48-36(43)23-18-27-9-3-5-12-34(27)49-39(46)29-16-21-33(47-2)22-17-29/h3-25H,1-2H3,(H,41,44)(H,42,45)/b23-18+,40-25+. The van der Waals surface area contributed by atoms with Gasteiger partial charge < -0.3 is 19.5 Å². The zero-order valence-electron chi connectivity index (χ0n) is 26.6. The molecule has 0 atom stereocenters. The number of aryl methyl sites for hydroxylation is 1. The van der Waals surface area contributed by atoms with Crippen LogP contribution in [0.5, 0.6) is 17.2 Å². The van der Waals surface area contributed by atoms with Crippen molar-refractivity contribution in [2.24, 2.45) is 5.10 Å². The fourth-order valence-electron chi connectivity index (χ4n) is 4.50. The van der Waals surface area contributed by atoms with Crippen LogP contribution in [0.25, 0.3) is 6.08 Å². The molecule has 0 aliphatic rings. The van der Waals surface area contributed by atoms with Gasteiger partial charge in [-0.2, -0.15) is 5.10 Å². The van der Waals surface area contributed by atoms with E-state index < -0.39 is 17.8 Å². The Morgan fingerprint density at radius 3 is 2.00 bits per heavy atom. The number of ether oxygens (including phenoxy) is 3. The third-order valence-corrected chi connectivity index (χ3v) is 7.03. The molecule has 0 aliphatic heterocycles. The molecule has 10 nitrogen and oxygen atoms in total. The largest absolute Gasteiger partial charge is 0.497 e. The second kappa shape index (κ2) is 16.1. The minimum absolute atomic E-state index is 0.211. The molecule has 2 amide bonds. The van der Waals surface area contributed by atoms with Crippen LogP contribution in [-0.2, 0) is 4.79 Å². The van der Waals surface area contributed by atoms with Gasteiger partial charge in [0.1, 0.15) is 17.2 Å². The van der Waals surface area contributed by atoms with Gasteiger partial charge in [-0.1, -0.05) is 48.0 Å². The van der Waals surface area contributed by atoms with Gasteiger partial charge in [-0.25, -0.2) is 15.0 Å². The maximum absolute atomic E-state index is 12.7. The van der Waals surface area contributed by atoms with Gasteiger partial charge in [0.25, 0.3) is 11.8 Å². The Morgan fingerprint density at radius 2 is 1.31 bits per heavy atom. The molecule has 0 saturated heterocycles. The summed E-state index contributed by atoms with van der Waals surface area (Å²) in [4.78, 5) is 50.6. The monoisotopic (exact) mass is 653 g/mol. The van der Waals surface area contributed by atoms with Crippen molar-refractivity contribution in [3.05, 3.63) is 161 Å². The van der Waals surface area contributed by atoms with E-state index in [-0.39, 0.29) is 17.4 Å². The number of hydrogen-bond acceptors (Lipinski definition) is 8. The molecule has 0 aliphatic carbocycles. The van der Waals surface area contributed by atoms with Crippen molar-refractivity contribution in [1.29, 1.82) is 0 Å². The number of hydrogen-bond donors (Lipinski definition) is 2. The lowest BCUT2D eigenvalue weighted by Crippen LogP contribution is -2.18. The highest BCUT2D eigenvalue weighted by molar-refractivity contribution is 6.04. The van der Waals surface area contributed by atoms with Gasteiger partial charge in [-0.05, 0) is 91.9 Å². The van der Waals surface area contributed by atoms with Crippen molar-refractivity contribution in [1.82, 2.24) is 5.43 Å². The highest BCUT2D eigenvalue weighted by Gasteiger charge is 2.12. The first-order valence-corrected chi connectivity index (χ1v) is 15.0. The normalized spacial score (nSPS) is 10.8. The van der Waals surface area contributed by atoms with Crippen molar-refractivity contribution >= 4 is 41.7 Å². The number of amides is 2.